The average molecular weight is 192 g/mol. The summed E-state index contributed by atoms with van der Waals surface area (Å²) in [5.41, 5.74) is 0. The minimum Gasteiger partial charge on any atom is -0.382 e. The summed E-state index contributed by atoms with van der Waals surface area (Å²) >= 11 is 0. The summed E-state index contributed by atoms with van der Waals surface area (Å²) in [7, 11) is 4.64. The van der Waals surface area contributed by atoms with Gasteiger partial charge in [0.25, 0.3) is 0 Å². The molecule has 1 rings (SSSR count). The van der Waals surface area contributed by atoms with E-state index in [4.69, 9.17) is 18.9 Å². The van der Waals surface area contributed by atoms with E-state index < -0.39 is 12.4 Å². The van der Waals surface area contributed by atoms with Crippen LogP contribution in [-0.2, 0) is 18.9 Å². The van der Waals surface area contributed by atoms with Crippen LogP contribution < -0.4 is 0 Å². The Balaban J connectivity index is 2.57. The SMILES string of the molecule is COC[C@H]1O[C@H](O)[C@@H](OC)C1OC. The number of aliphatic hydroxyl groups excluding tert-OH is 1. The molecule has 78 valence electrons. The predicted molar refractivity (Wildman–Crippen MR) is 44.3 cm³/mol. The van der Waals surface area contributed by atoms with Gasteiger partial charge in [-0.05, 0) is 0 Å². The second kappa shape index (κ2) is 4.88. The smallest absolute Gasteiger partial charge is 0.184 e. The molecule has 0 radical (unpaired) electrons. The average Bonchev–Trinajstić information content (AvgIpc) is 2.41. The van der Waals surface area contributed by atoms with Crippen molar-refractivity contribution in [1.29, 1.82) is 0 Å². The molecule has 0 aromatic rings. The van der Waals surface area contributed by atoms with Crippen LogP contribution in [0.3, 0.4) is 0 Å². The molecule has 0 aliphatic carbocycles. The summed E-state index contributed by atoms with van der Waals surface area (Å²) in [6, 6.07) is 0. The minimum atomic E-state index is -0.935. The first-order chi connectivity index (χ1) is 6.24. The van der Waals surface area contributed by atoms with Crippen LogP contribution in [0, 0.1) is 0 Å². The number of aliphatic hydroxyl groups is 1. The van der Waals surface area contributed by atoms with Crippen LogP contribution in [0.15, 0.2) is 0 Å². The third-order valence-electron chi connectivity index (χ3n) is 2.16. The molecule has 1 fully saturated rings. The van der Waals surface area contributed by atoms with Crippen molar-refractivity contribution in [3.63, 3.8) is 0 Å². The second-order valence-corrected chi connectivity index (χ2v) is 2.92. The van der Waals surface area contributed by atoms with Crippen LogP contribution in [0.4, 0.5) is 0 Å². The molecule has 1 aliphatic rings. The fourth-order valence-electron chi connectivity index (χ4n) is 1.54. The Morgan fingerprint density at radius 3 is 2.23 bits per heavy atom. The lowest BCUT2D eigenvalue weighted by Gasteiger charge is -2.19. The molecule has 1 unspecified atom stereocenters. The van der Waals surface area contributed by atoms with Crippen molar-refractivity contribution in [2.75, 3.05) is 27.9 Å². The highest BCUT2D eigenvalue weighted by atomic mass is 16.7. The van der Waals surface area contributed by atoms with Gasteiger partial charge in [-0.25, -0.2) is 0 Å². The molecule has 0 spiro atoms. The maximum atomic E-state index is 9.40. The van der Waals surface area contributed by atoms with Crippen molar-refractivity contribution < 1.29 is 24.1 Å². The zero-order chi connectivity index (χ0) is 9.84. The van der Waals surface area contributed by atoms with Gasteiger partial charge < -0.3 is 24.1 Å². The van der Waals surface area contributed by atoms with Gasteiger partial charge in [-0.15, -0.1) is 0 Å². The van der Waals surface area contributed by atoms with E-state index in [2.05, 4.69) is 0 Å². The Morgan fingerprint density at radius 2 is 1.77 bits per heavy atom. The zero-order valence-electron chi connectivity index (χ0n) is 8.10. The molecule has 1 saturated heterocycles. The molecule has 0 aromatic carbocycles. The Morgan fingerprint density at radius 1 is 1.15 bits per heavy atom. The minimum absolute atomic E-state index is 0.269. The van der Waals surface area contributed by atoms with Crippen LogP contribution in [0.2, 0.25) is 0 Å². The maximum absolute atomic E-state index is 9.40. The first-order valence-corrected chi connectivity index (χ1v) is 4.12. The number of methoxy groups -OCH3 is 3. The summed E-state index contributed by atoms with van der Waals surface area (Å²) in [5.74, 6) is 0. The molecule has 1 heterocycles. The number of hydrogen-bond donors (Lipinski definition) is 1. The summed E-state index contributed by atoms with van der Waals surface area (Å²) in [6.45, 7) is 0.384. The van der Waals surface area contributed by atoms with Gasteiger partial charge in [0.05, 0.1) is 6.61 Å². The largest absolute Gasteiger partial charge is 0.382 e. The van der Waals surface area contributed by atoms with Gasteiger partial charge >= 0.3 is 0 Å². The highest BCUT2D eigenvalue weighted by molar-refractivity contribution is 4.88. The molecule has 1 N–H and O–H groups in total. The number of hydrogen-bond acceptors (Lipinski definition) is 5. The fourth-order valence-corrected chi connectivity index (χ4v) is 1.54. The summed E-state index contributed by atoms with van der Waals surface area (Å²) in [4.78, 5) is 0. The lowest BCUT2D eigenvalue weighted by molar-refractivity contribution is -0.141. The van der Waals surface area contributed by atoms with Gasteiger partial charge in [0.1, 0.15) is 18.3 Å². The Bertz CT molecular complexity index is 151. The first kappa shape index (κ1) is 10.9. The van der Waals surface area contributed by atoms with Crippen molar-refractivity contribution in [2.45, 2.75) is 24.6 Å². The second-order valence-electron chi connectivity index (χ2n) is 2.92. The van der Waals surface area contributed by atoms with Crippen molar-refractivity contribution in [3.05, 3.63) is 0 Å². The monoisotopic (exact) mass is 192 g/mol. The molecule has 13 heavy (non-hydrogen) atoms. The molecule has 0 amide bonds. The highest BCUT2D eigenvalue weighted by Crippen LogP contribution is 2.24. The third-order valence-corrected chi connectivity index (χ3v) is 2.16. The van der Waals surface area contributed by atoms with Gasteiger partial charge in [0.15, 0.2) is 6.29 Å². The lowest BCUT2D eigenvalue weighted by Crippen LogP contribution is -2.37. The quantitative estimate of drug-likeness (QED) is 0.643. The zero-order valence-corrected chi connectivity index (χ0v) is 8.10. The van der Waals surface area contributed by atoms with Crippen molar-refractivity contribution >= 4 is 0 Å². The Labute approximate surface area is 77.5 Å². The summed E-state index contributed by atoms with van der Waals surface area (Å²) < 4.78 is 20.3. The van der Waals surface area contributed by atoms with Gasteiger partial charge in [-0.3, -0.25) is 0 Å². The molecule has 0 bridgehead atoms. The normalized spacial score (nSPS) is 39.7. The van der Waals surface area contributed by atoms with E-state index in [1.54, 1.807) is 14.2 Å². The highest BCUT2D eigenvalue weighted by Gasteiger charge is 2.44. The molecule has 0 aromatic heterocycles. The summed E-state index contributed by atoms with van der Waals surface area (Å²) in [6.07, 6.45) is -1.92. The molecule has 5 nitrogen and oxygen atoms in total. The van der Waals surface area contributed by atoms with Gasteiger partial charge in [-0.1, -0.05) is 0 Å². The van der Waals surface area contributed by atoms with E-state index in [1.807, 2.05) is 0 Å². The van der Waals surface area contributed by atoms with Crippen LogP contribution in [-0.4, -0.2) is 57.6 Å². The number of rotatable bonds is 4. The van der Waals surface area contributed by atoms with Crippen LogP contribution in [0.5, 0.6) is 0 Å². The molecular formula is C8H16O5. The van der Waals surface area contributed by atoms with Gasteiger partial charge in [0.2, 0.25) is 0 Å². The van der Waals surface area contributed by atoms with E-state index in [0.717, 1.165) is 0 Å². The predicted octanol–water partition coefficient (Wildman–Crippen LogP) is -0.620. The maximum Gasteiger partial charge on any atom is 0.184 e. The third kappa shape index (κ3) is 2.18. The van der Waals surface area contributed by atoms with Crippen molar-refractivity contribution in [1.82, 2.24) is 0 Å². The topological polar surface area (TPSA) is 57.2 Å². The van der Waals surface area contributed by atoms with Crippen molar-refractivity contribution in [2.24, 2.45) is 0 Å². The molecule has 0 saturated carbocycles. The first-order valence-electron chi connectivity index (χ1n) is 4.12. The van der Waals surface area contributed by atoms with E-state index in [-0.39, 0.29) is 12.2 Å². The van der Waals surface area contributed by atoms with Gasteiger partial charge in [-0.2, -0.15) is 0 Å². The lowest BCUT2D eigenvalue weighted by atomic mass is 10.1. The molecule has 5 heteroatoms. The van der Waals surface area contributed by atoms with E-state index in [9.17, 15) is 5.11 Å². The van der Waals surface area contributed by atoms with Crippen LogP contribution in [0.25, 0.3) is 0 Å². The van der Waals surface area contributed by atoms with Gasteiger partial charge in [0, 0.05) is 21.3 Å². The fraction of sp³-hybridized carbons (Fsp3) is 1.00. The van der Waals surface area contributed by atoms with E-state index >= 15 is 0 Å². The molecule has 1 aliphatic heterocycles. The Hall–Kier alpha value is -0.200. The summed E-state index contributed by atoms with van der Waals surface area (Å²) in [5, 5.41) is 9.40. The standard InChI is InChI=1S/C8H16O5/c1-10-4-5-6(11-2)7(12-3)8(9)13-5/h5-9H,4H2,1-3H3/t5-,6?,7+,8+/m1/s1. The van der Waals surface area contributed by atoms with Crippen LogP contribution >= 0.6 is 0 Å². The van der Waals surface area contributed by atoms with Crippen molar-refractivity contribution in [3.8, 4) is 0 Å². The molecule has 4 atom stereocenters. The van der Waals surface area contributed by atoms with E-state index in [0.29, 0.717) is 6.61 Å². The van der Waals surface area contributed by atoms with E-state index in [1.165, 1.54) is 7.11 Å². The van der Waals surface area contributed by atoms with Crippen LogP contribution in [0.1, 0.15) is 0 Å². The number of ether oxygens (including phenoxy) is 4. The molecular weight excluding hydrogens is 176 g/mol. The Kier molecular flexibility index (Phi) is 4.08.